The van der Waals surface area contributed by atoms with E-state index >= 15 is 0 Å². The summed E-state index contributed by atoms with van der Waals surface area (Å²) in [6.45, 7) is 3.57. The number of rotatable bonds is 4. The average molecular weight is 319 g/mol. The van der Waals surface area contributed by atoms with Crippen LogP contribution < -0.4 is 4.74 Å². The van der Waals surface area contributed by atoms with E-state index in [2.05, 4.69) is 5.16 Å². The third-order valence-corrected chi connectivity index (χ3v) is 3.64. The maximum atomic E-state index is 12.2. The molecule has 1 aliphatic heterocycles. The molecule has 1 fully saturated rings. The van der Waals surface area contributed by atoms with Crippen LogP contribution in [0.1, 0.15) is 16.1 Å². The fourth-order valence-electron chi connectivity index (χ4n) is 2.37. The fraction of sp³-hybridized carbons (Fsp3) is 0.400. The number of aromatic nitrogens is 1. The molecule has 3 heterocycles. The first-order valence-electron chi connectivity index (χ1n) is 7.29. The van der Waals surface area contributed by atoms with Crippen LogP contribution in [0.4, 0.5) is 0 Å². The number of carbonyl (C=O) groups excluding carboxylic acids is 2. The van der Waals surface area contributed by atoms with Crippen molar-refractivity contribution in [2.75, 3.05) is 32.8 Å². The van der Waals surface area contributed by atoms with Crippen LogP contribution in [0.15, 0.2) is 33.6 Å². The zero-order valence-electron chi connectivity index (χ0n) is 12.7. The summed E-state index contributed by atoms with van der Waals surface area (Å²) in [6.07, 6.45) is 2.89. The molecule has 0 spiro atoms. The van der Waals surface area contributed by atoms with Crippen molar-refractivity contribution in [3.8, 4) is 5.88 Å². The Morgan fingerprint density at radius 1 is 1.26 bits per heavy atom. The molecule has 0 atom stereocenters. The van der Waals surface area contributed by atoms with Crippen LogP contribution in [0.25, 0.3) is 0 Å². The summed E-state index contributed by atoms with van der Waals surface area (Å²) in [5.41, 5.74) is 0.523. The number of ether oxygens (including phenoxy) is 1. The summed E-state index contributed by atoms with van der Waals surface area (Å²) in [5, 5.41) is 3.67. The Hall–Kier alpha value is -2.77. The SMILES string of the molecule is Cc1cc(OCC(=O)N2CCN(C(=O)c3ccoc3)CC2)no1. The Morgan fingerprint density at radius 2 is 2.00 bits per heavy atom. The van der Waals surface area contributed by atoms with E-state index < -0.39 is 0 Å². The number of nitrogens with zero attached hydrogens (tertiary/aromatic N) is 3. The Labute approximate surface area is 132 Å². The maximum absolute atomic E-state index is 12.2. The third-order valence-electron chi connectivity index (χ3n) is 3.64. The molecule has 2 aromatic heterocycles. The van der Waals surface area contributed by atoms with Crippen molar-refractivity contribution in [2.45, 2.75) is 6.92 Å². The summed E-state index contributed by atoms with van der Waals surface area (Å²) in [6, 6.07) is 3.25. The van der Waals surface area contributed by atoms with Crippen molar-refractivity contribution < 1.29 is 23.3 Å². The number of amides is 2. The van der Waals surface area contributed by atoms with Crippen molar-refractivity contribution in [1.29, 1.82) is 0 Å². The molecule has 23 heavy (non-hydrogen) atoms. The first kappa shape index (κ1) is 15.1. The van der Waals surface area contributed by atoms with Gasteiger partial charge in [-0.05, 0) is 18.1 Å². The van der Waals surface area contributed by atoms with Gasteiger partial charge in [-0.3, -0.25) is 9.59 Å². The average Bonchev–Trinajstić information content (AvgIpc) is 3.24. The number of aryl methyl sites for hydroxylation is 1. The number of carbonyl (C=O) groups is 2. The third kappa shape index (κ3) is 3.53. The molecular weight excluding hydrogens is 302 g/mol. The molecule has 0 radical (unpaired) electrons. The molecule has 2 aromatic rings. The number of piperazine rings is 1. The summed E-state index contributed by atoms with van der Waals surface area (Å²) in [5.74, 6) is 0.699. The van der Waals surface area contributed by atoms with Crippen LogP contribution in [0.5, 0.6) is 5.88 Å². The highest BCUT2D eigenvalue weighted by molar-refractivity contribution is 5.94. The Morgan fingerprint density at radius 3 is 2.61 bits per heavy atom. The maximum Gasteiger partial charge on any atom is 0.260 e. The van der Waals surface area contributed by atoms with Crippen molar-refractivity contribution in [2.24, 2.45) is 0 Å². The zero-order valence-corrected chi connectivity index (χ0v) is 12.7. The highest BCUT2D eigenvalue weighted by atomic mass is 16.5. The van der Waals surface area contributed by atoms with E-state index in [1.165, 1.54) is 12.5 Å². The summed E-state index contributed by atoms with van der Waals surface area (Å²) >= 11 is 0. The molecule has 1 saturated heterocycles. The van der Waals surface area contributed by atoms with E-state index in [1.54, 1.807) is 28.9 Å². The molecule has 1 aliphatic rings. The van der Waals surface area contributed by atoms with E-state index in [-0.39, 0.29) is 18.4 Å². The highest BCUT2D eigenvalue weighted by Gasteiger charge is 2.25. The second-order valence-corrected chi connectivity index (χ2v) is 5.25. The minimum absolute atomic E-state index is 0.0832. The highest BCUT2D eigenvalue weighted by Crippen LogP contribution is 2.12. The van der Waals surface area contributed by atoms with Gasteiger partial charge in [-0.2, -0.15) is 0 Å². The van der Waals surface area contributed by atoms with Crippen molar-refractivity contribution >= 4 is 11.8 Å². The van der Waals surface area contributed by atoms with Gasteiger partial charge in [0.25, 0.3) is 17.7 Å². The summed E-state index contributed by atoms with van der Waals surface area (Å²) in [7, 11) is 0. The smallest absolute Gasteiger partial charge is 0.260 e. The normalized spacial score (nSPS) is 14.8. The van der Waals surface area contributed by atoms with Gasteiger partial charge in [-0.1, -0.05) is 0 Å². The topological polar surface area (TPSA) is 89.0 Å². The minimum Gasteiger partial charge on any atom is -0.472 e. The molecule has 8 nitrogen and oxygen atoms in total. The van der Waals surface area contributed by atoms with Crippen LogP contribution in [0, 0.1) is 6.92 Å². The molecule has 0 saturated carbocycles. The van der Waals surface area contributed by atoms with E-state index in [4.69, 9.17) is 13.7 Å². The largest absolute Gasteiger partial charge is 0.472 e. The molecule has 2 amide bonds. The van der Waals surface area contributed by atoms with Gasteiger partial charge < -0.3 is 23.5 Å². The Kier molecular flexibility index (Phi) is 4.31. The van der Waals surface area contributed by atoms with Gasteiger partial charge in [0.15, 0.2) is 6.61 Å². The van der Waals surface area contributed by atoms with Gasteiger partial charge >= 0.3 is 0 Å². The molecule has 0 unspecified atom stereocenters. The molecule has 0 N–H and O–H groups in total. The van der Waals surface area contributed by atoms with Crippen molar-refractivity contribution in [3.63, 3.8) is 0 Å². The van der Waals surface area contributed by atoms with Gasteiger partial charge in [-0.25, -0.2) is 0 Å². The summed E-state index contributed by atoms with van der Waals surface area (Å²) in [4.78, 5) is 27.7. The van der Waals surface area contributed by atoms with Crippen molar-refractivity contribution in [1.82, 2.24) is 15.0 Å². The zero-order chi connectivity index (χ0) is 16.2. The van der Waals surface area contributed by atoms with Gasteiger partial charge in [0.2, 0.25) is 0 Å². The predicted octanol–water partition coefficient (Wildman–Crippen LogP) is 0.939. The second kappa shape index (κ2) is 6.55. The molecule has 0 bridgehead atoms. The fourth-order valence-corrected chi connectivity index (χ4v) is 2.37. The van der Waals surface area contributed by atoms with Gasteiger partial charge in [0.1, 0.15) is 12.0 Å². The summed E-state index contributed by atoms with van der Waals surface area (Å²) < 4.78 is 15.1. The predicted molar refractivity (Wildman–Crippen MR) is 77.9 cm³/mol. The lowest BCUT2D eigenvalue weighted by molar-refractivity contribution is -0.134. The van der Waals surface area contributed by atoms with Crippen LogP contribution >= 0.6 is 0 Å². The lowest BCUT2D eigenvalue weighted by Gasteiger charge is -2.34. The standard InChI is InChI=1S/C15H17N3O5/c1-11-8-13(16-23-11)22-10-14(19)17-3-5-18(6-4-17)15(20)12-2-7-21-9-12/h2,7-9H,3-6,10H2,1H3. The van der Waals surface area contributed by atoms with E-state index in [0.29, 0.717) is 43.4 Å². The first-order chi connectivity index (χ1) is 11.1. The molecule has 122 valence electrons. The molecule has 8 heteroatoms. The van der Waals surface area contributed by atoms with Crippen LogP contribution in [0.2, 0.25) is 0 Å². The number of hydrogen-bond donors (Lipinski definition) is 0. The second-order valence-electron chi connectivity index (χ2n) is 5.25. The Bertz CT molecular complexity index is 671. The van der Waals surface area contributed by atoms with Gasteiger partial charge in [0.05, 0.1) is 11.8 Å². The lowest BCUT2D eigenvalue weighted by Crippen LogP contribution is -2.51. The molecule has 3 rings (SSSR count). The molecule has 0 aliphatic carbocycles. The quantitative estimate of drug-likeness (QED) is 0.833. The molecular formula is C15H17N3O5. The van der Waals surface area contributed by atoms with Gasteiger partial charge in [0, 0.05) is 32.2 Å². The van der Waals surface area contributed by atoms with Gasteiger partial charge in [-0.15, -0.1) is 0 Å². The van der Waals surface area contributed by atoms with E-state index in [1.807, 2.05) is 0 Å². The molecule has 0 aromatic carbocycles. The first-order valence-corrected chi connectivity index (χ1v) is 7.29. The van der Waals surface area contributed by atoms with Crippen LogP contribution in [-0.4, -0.2) is 59.6 Å². The van der Waals surface area contributed by atoms with Crippen LogP contribution in [-0.2, 0) is 4.79 Å². The van der Waals surface area contributed by atoms with E-state index in [9.17, 15) is 9.59 Å². The van der Waals surface area contributed by atoms with E-state index in [0.717, 1.165) is 0 Å². The lowest BCUT2D eigenvalue weighted by atomic mass is 10.2. The monoisotopic (exact) mass is 319 g/mol. The van der Waals surface area contributed by atoms with Crippen molar-refractivity contribution in [3.05, 3.63) is 36.0 Å². The Balaban J connectivity index is 1.46. The number of furan rings is 1. The number of hydrogen-bond acceptors (Lipinski definition) is 6. The minimum atomic E-state index is -0.138. The van der Waals surface area contributed by atoms with Crippen LogP contribution in [0.3, 0.4) is 0 Å².